The number of amides is 1. The molecule has 0 spiro atoms. The molecule has 0 unspecified atom stereocenters. The molecule has 1 heterocycles. The molecule has 1 N–H and O–H groups in total. The van der Waals surface area contributed by atoms with Gasteiger partial charge in [-0.15, -0.1) is 0 Å². The molecule has 0 bridgehead atoms. The van der Waals surface area contributed by atoms with E-state index in [0.29, 0.717) is 43.0 Å². The maximum atomic E-state index is 14.0. The first-order chi connectivity index (χ1) is 12.8. The number of para-hydroxylation sites is 1. The third kappa shape index (κ3) is 3.96. The van der Waals surface area contributed by atoms with Crippen molar-refractivity contribution in [2.24, 2.45) is 0 Å². The van der Waals surface area contributed by atoms with Crippen LogP contribution in [0.15, 0.2) is 47.4 Å². The first-order valence-electron chi connectivity index (χ1n) is 8.66. The highest BCUT2D eigenvalue weighted by atomic mass is 32.2. The van der Waals surface area contributed by atoms with Crippen molar-refractivity contribution in [1.82, 2.24) is 9.62 Å². The fourth-order valence-corrected chi connectivity index (χ4v) is 3.90. The van der Waals surface area contributed by atoms with Crippen molar-refractivity contribution in [2.45, 2.75) is 11.8 Å². The quantitative estimate of drug-likeness (QED) is 0.866. The Balaban J connectivity index is 1.77. The van der Waals surface area contributed by atoms with E-state index in [0.717, 1.165) is 0 Å². The Hall–Kier alpha value is -2.45. The minimum absolute atomic E-state index is 0.0592. The van der Waals surface area contributed by atoms with Crippen LogP contribution in [0.2, 0.25) is 0 Å². The first kappa shape index (κ1) is 19.3. The third-order valence-electron chi connectivity index (χ3n) is 4.78. The number of carbonyl (C=O) groups is 1. The summed E-state index contributed by atoms with van der Waals surface area (Å²) in [4.78, 5) is 16.6. The Morgan fingerprint density at radius 2 is 1.74 bits per heavy atom. The van der Waals surface area contributed by atoms with Gasteiger partial charge in [-0.1, -0.05) is 18.2 Å². The summed E-state index contributed by atoms with van der Waals surface area (Å²) in [6.07, 6.45) is 0. The second kappa shape index (κ2) is 7.66. The van der Waals surface area contributed by atoms with Crippen LogP contribution in [0.3, 0.4) is 0 Å². The van der Waals surface area contributed by atoms with Crippen LogP contribution in [0.25, 0.3) is 0 Å². The zero-order valence-corrected chi connectivity index (χ0v) is 16.1. The van der Waals surface area contributed by atoms with Crippen LogP contribution >= 0.6 is 0 Å². The molecule has 8 heteroatoms. The Labute approximate surface area is 158 Å². The molecule has 0 saturated carbocycles. The summed E-state index contributed by atoms with van der Waals surface area (Å²) in [5.41, 5.74) is 1.61. The molecule has 144 valence electrons. The molecule has 27 heavy (non-hydrogen) atoms. The highest BCUT2D eigenvalue weighted by molar-refractivity contribution is 7.89. The van der Waals surface area contributed by atoms with Gasteiger partial charge in [-0.05, 0) is 43.8 Å². The lowest BCUT2D eigenvalue weighted by Gasteiger charge is -2.36. The van der Waals surface area contributed by atoms with E-state index in [1.807, 2.05) is 4.90 Å². The topological polar surface area (TPSA) is 69.7 Å². The molecule has 0 radical (unpaired) electrons. The molecular formula is C19H22FN3O3S. The lowest BCUT2D eigenvalue weighted by molar-refractivity contribution is 0.0745. The molecule has 3 rings (SSSR count). The van der Waals surface area contributed by atoms with Gasteiger partial charge in [0.1, 0.15) is 5.82 Å². The van der Waals surface area contributed by atoms with E-state index in [1.165, 1.54) is 25.2 Å². The van der Waals surface area contributed by atoms with Crippen LogP contribution in [0.5, 0.6) is 0 Å². The molecule has 6 nitrogen and oxygen atoms in total. The van der Waals surface area contributed by atoms with Crippen molar-refractivity contribution in [3.63, 3.8) is 0 Å². The number of anilines is 1. The Morgan fingerprint density at radius 3 is 2.37 bits per heavy atom. The zero-order chi connectivity index (χ0) is 19.6. The molecule has 0 aromatic heterocycles. The Bertz CT molecular complexity index is 954. The predicted octanol–water partition coefficient (Wildman–Crippen LogP) is 2.00. The molecule has 0 aliphatic carbocycles. The minimum atomic E-state index is -3.62. The number of rotatable bonds is 4. The van der Waals surface area contributed by atoms with Gasteiger partial charge in [0.25, 0.3) is 5.91 Å². The van der Waals surface area contributed by atoms with Gasteiger partial charge in [0.2, 0.25) is 10.0 Å². The first-order valence-corrected chi connectivity index (χ1v) is 10.1. The fraction of sp³-hybridized carbons (Fsp3) is 0.316. The number of nitrogens with zero attached hydrogens (tertiary/aromatic N) is 2. The number of piperazine rings is 1. The maximum absolute atomic E-state index is 14.0. The summed E-state index contributed by atoms with van der Waals surface area (Å²) < 4.78 is 40.2. The molecular weight excluding hydrogens is 369 g/mol. The molecule has 1 amide bonds. The molecule has 1 saturated heterocycles. The van der Waals surface area contributed by atoms with E-state index in [4.69, 9.17) is 0 Å². The van der Waals surface area contributed by atoms with Crippen LogP contribution in [-0.4, -0.2) is 52.5 Å². The molecule has 1 aliphatic heterocycles. The summed E-state index contributed by atoms with van der Waals surface area (Å²) in [7, 11) is -2.29. The molecule has 2 aromatic rings. The number of nitrogens with one attached hydrogen (secondary N) is 1. The van der Waals surface area contributed by atoms with E-state index >= 15 is 0 Å². The molecule has 2 aromatic carbocycles. The third-order valence-corrected chi connectivity index (χ3v) is 6.19. The van der Waals surface area contributed by atoms with Crippen molar-refractivity contribution in [3.8, 4) is 0 Å². The summed E-state index contributed by atoms with van der Waals surface area (Å²) in [6.45, 7) is 3.68. The highest BCUT2D eigenvalue weighted by Gasteiger charge is 2.25. The van der Waals surface area contributed by atoms with Gasteiger partial charge in [-0.3, -0.25) is 4.79 Å². The van der Waals surface area contributed by atoms with Crippen LogP contribution in [0, 0.1) is 12.7 Å². The van der Waals surface area contributed by atoms with E-state index in [2.05, 4.69) is 4.72 Å². The summed E-state index contributed by atoms with van der Waals surface area (Å²) in [6, 6.07) is 11.1. The SMILES string of the molecule is CNS(=O)(=O)c1ccc(C)c(C(=O)N2CCN(c3ccccc3F)CC2)c1. The van der Waals surface area contributed by atoms with Crippen LogP contribution in [0.1, 0.15) is 15.9 Å². The van der Waals surface area contributed by atoms with Crippen LogP contribution in [-0.2, 0) is 10.0 Å². The fourth-order valence-electron chi connectivity index (χ4n) is 3.15. The van der Waals surface area contributed by atoms with E-state index in [-0.39, 0.29) is 16.6 Å². The summed E-state index contributed by atoms with van der Waals surface area (Å²) in [5.74, 6) is -0.494. The maximum Gasteiger partial charge on any atom is 0.254 e. The number of halogens is 1. The van der Waals surface area contributed by atoms with E-state index < -0.39 is 10.0 Å². The van der Waals surface area contributed by atoms with Crippen molar-refractivity contribution in [1.29, 1.82) is 0 Å². The van der Waals surface area contributed by atoms with Crippen molar-refractivity contribution >= 4 is 21.6 Å². The average Bonchev–Trinajstić information content (AvgIpc) is 2.68. The van der Waals surface area contributed by atoms with E-state index in [1.54, 1.807) is 36.1 Å². The Morgan fingerprint density at radius 1 is 1.07 bits per heavy atom. The number of hydrogen-bond acceptors (Lipinski definition) is 4. The number of hydrogen-bond donors (Lipinski definition) is 1. The largest absolute Gasteiger partial charge is 0.366 e. The monoisotopic (exact) mass is 391 g/mol. The van der Waals surface area contributed by atoms with Gasteiger partial charge in [-0.25, -0.2) is 17.5 Å². The van der Waals surface area contributed by atoms with Crippen molar-refractivity contribution in [2.75, 3.05) is 38.1 Å². The van der Waals surface area contributed by atoms with Gasteiger partial charge in [0.15, 0.2) is 0 Å². The van der Waals surface area contributed by atoms with Gasteiger partial charge >= 0.3 is 0 Å². The minimum Gasteiger partial charge on any atom is -0.366 e. The second-order valence-electron chi connectivity index (χ2n) is 6.41. The highest BCUT2D eigenvalue weighted by Crippen LogP contribution is 2.22. The predicted molar refractivity (Wildman–Crippen MR) is 102 cm³/mol. The molecule has 1 aliphatic rings. The van der Waals surface area contributed by atoms with Crippen molar-refractivity contribution < 1.29 is 17.6 Å². The molecule has 0 atom stereocenters. The number of sulfonamides is 1. The molecule has 1 fully saturated rings. The van der Waals surface area contributed by atoms with Crippen molar-refractivity contribution in [3.05, 3.63) is 59.4 Å². The average molecular weight is 391 g/mol. The summed E-state index contributed by atoms with van der Waals surface area (Å²) in [5, 5.41) is 0. The number of aryl methyl sites for hydroxylation is 1. The smallest absolute Gasteiger partial charge is 0.254 e. The lowest BCUT2D eigenvalue weighted by atomic mass is 10.1. The standard InChI is InChI=1S/C19H22FN3O3S/c1-14-7-8-15(27(25,26)21-2)13-16(14)19(24)23-11-9-22(10-12-23)18-6-4-3-5-17(18)20/h3-8,13,21H,9-12H2,1-2H3. The number of carbonyl (C=O) groups excluding carboxylic acids is 1. The lowest BCUT2D eigenvalue weighted by Crippen LogP contribution is -2.49. The van der Waals surface area contributed by atoms with Crippen LogP contribution in [0.4, 0.5) is 10.1 Å². The summed E-state index contributed by atoms with van der Waals surface area (Å²) >= 11 is 0. The zero-order valence-electron chi connectivity index (χ0n) is 15.3. The second-order valence-corrected chi connectivity index (χ2v) is 8.30. The Kier molecular flexibility index (Phi) is 5.48. The van der Waals surface area contributed by atoms with Gasteiger partial charge in [0.05, 0.1) is 10.6 Å². The van der Waals surface area contributed by atoms with Gasteiger partial charge in [0, 0.05) is 31.7 Å². The van der Waals surface area contributed by atoms with E-state index in [9.17, 15) is 17.6 Å². The van der Waals surface area contributed by atoms with Gasteiger partial charge in [-0.2, -0.15) is 0 Å². The normalized spacial score (nSPS) is 15.1. The van der Waals surface area contributed by atoms with Crippen LogP contribution < -0.4 is 9.62 Å². The van der Waals surface area contributed by atoms with Gasteiger partial charge < -0.3 is 9.80 Å². The number of benzene rings is 2.